The van der Waals surface area contributed by atoms with Gasteiger partial charge in [-0.25, -0.2) is 8.42 Å². The molecular weight excluding hydrogens is 470 g/mol. The van der Waals surface area contributed by atoms with Crippen LogP contribution >= 0.6 is 15.9 Å². The lowest BCUT2D eigenvalue weighted by Gasteiger charge is -2.33. The van der Waals surface area contributed by atoms with Gasteiger partial charge in [0.2, 0.25) is 11.8 Å². The van der Waals surface area contributed by atoms with Gasteiger partial charge < -0.3 is 10.6 Å². The second kappa shape index (κ2) is 9.72. The zero-order chi connectivity index (χ0) is 21.7. The first-order valence-electron chi connectivity index (χ1n) is 9.58. The maximum Gasteiger partial charge on any atom is 0.243 e. The minimum atomic E-state index is -3.06. The predicted molar refractivity (Wildman–Crippen MR) is 120 cm³/mol. The molecule has 30 heavy (non-hydrogen) atoms. The molecular formula is C21H24BrN3O4S. The molecule has 1 aliphatic heterocycles. The van der Waals surface area contributed by atoms with Gasteiger partial charge in [-0.05, 0) is 36.2 Å². The summed E-state index contributed by atoms with van der Waals surface area (Å²) < 4.78 is 24.5. The van der Waals surface area contributed by atoms with Crippen molar-refractivity contribution >= 4 is 43.3 Å². The van der Waals surface area contributed by atoms with E-state index in [1.54, 1.807) is 6.07 Å². The Morgan fingerprint density at radius 2 is 1.77 bits per heavy atom. The van der Waals surface area contributed by atoms with Crippen molar-refractivity contribution in [2.24, 2.45) is 0 Å². The number of anilines is 1. The van der Waals surface area contributed by atoms with E-state index in [1.165, 1.54) is 0 Å². The van der Waals surface area contributed by atoms with Gasteiger partial charge in [-0.1, -0.05) is 46.3 Å². The summed E-state index contributed by atoms with van der Waals surface area (Å²) in [5.74, 6) is -0.624. The van der Waals surface area contributed by atoms with Crippen molar-refractivity contribution in [2.45, 2.75) is 13.0 Å². The van der Waals surface area contributed by atoms with E-state index in [-0.39, 0.29) is 43.0 Å². The molecule has 2 aromatic carbocycles. The first-order valence-corrected chi connectivity index (χ1v) is 12.2. The number of hydrogen-bond acceptors (Lipinski definition) is 5. The van der Waals surface area contributed by atoms with Crippen LogP contribution in [0.5, 0.6) is 0 Å². The number of amides is 2. The zero-order valence-electron chi connectivity index (χ0n) is 16.6. The predicted octanol–water partition coefficient (Wildman–Crippen LogP) is 2.28. The molecule has 1 unspecified atom stereocenters. The van der Waals surface area contributed by atoms with E-state index >= 15 is 0 Å². The summed E-state index contributed by atoms with van der Waals surface area (Å²) in [5.41, 5.74) is 2.40. The third-order valence-electron chi connectivity index (χ3n) is 4.97. The Kier molecular flexibility index (Phi) is 7.27. The molecule has 1 heterocycles. The Bertz CT molecular complexity index is 1010. The molecule has 3 rings (SSSR count). The summed E-state index contributed by atoms with van der Waals surface area (Å²) in [4.78, 5) is 27.1. The molecule has 160 valence electrons. The Morgan fingerprint density at radius 3 is 2.40 bits per heavy atom. The number of carbonyl (C=O) groups is 2. The van der Waals surface area contributed by atoms with Gasteiger partial charge in [-0.3, -0.25) is 14.5 Å². The van der Waals surface area contributed by atoms with Crippen molar-refractivity contribution in [1.82, 2.24) is 10.2 Å². The third kappa shape index (κ3) is 5.90. The average Bonchev–Trinajstić information content (AvgIpc) is 2.71. The van der Waals surface area contributed by atoms with Crippen LogP contribution in [0, 0.1) is 6.92 Å². The van der Waals surface area contributed by atoms with Crippen LogP contribution in [0.15, 0.2) is 53.0 Å². The summed E-state index contributed by atoms with van der Waals surface area (Å²) >= 11 is 3.42. The van der Waals surface area contributed by atoms with Gasteiger partial charge in [0.05, 0.1) is 18.1 Å². The molecule has 7 nitrogen and oxygen atoms in total. The van der Waals surface area contributed by atoms with E-state index in [0.29, 0.717) is 5.69 Å². The molecule has 1 atom stereocenters. The summed E-state index contributed by atoms with van der Waals surface area (Å²) in [6.45, 7) is 2.30. The maximum absolute atomic E-state index is 13.0. The van der Waals surface area contributed by atoms with Crippen molar-refractivity contribution in [3.63, 3.8) is 0 Å². The van der Waals surface area contributed by atoms with Gasteiger partial charge in [0, 0.05) is 23.2 Å². The smallest absolute Gasteiger partial charge is 0.243 e. The van der Waals surface area contributed by atoms with Gasteiger partial charge in [-0.15, -0.1) is 0 Å². The van der Waals surface area contributed by atoms with E-state index in [0.717, 1.165) is 15.6 Å². The number of rotatable bonds is 6. The number of halogens is 1. The minimum absolute atomic E-state index is 0.0209. The van der Waals surface area contributed by atoms with E-state index < -0.39 is 15.9 Å². The van der Waals surface area contributed by atoms with Crippen LogP contribution in [0.3, 0.4) is 0 Å². The van der Waals surface area contributed by atoms with Crippen molar-refractivity contribution in [3.8, 4) is 0 Å². The Morgan fingerprint density at radius 1 is 1.10 bits per heavy atom. The number of carbonyl (C=O) groups excluding carboxylic acids is 2. The molecule has 9 heteroatoms. The van der Waals surface area contributed by atoms with Crippen molar-refractivity contribution in [3.05, 3.63) is 64.1 Å². The Hall–Kier alpha value is -2.23. The van der Waals surface area contributed by atoms with Crippen molar-refractivity contribution in [1.29, 1.82) is 0 Å². The van der Waals surface area contributed by atoms with E-state index in [9.17, 15) is 18.0 Å². The van der Waals surface area contributed by atoms with Crippen LogP contribution < -0.4 is 10.6 Å². The van der Waals surface area contributed by atoms with Crippen LogP contribution in [-0.2, 0) is 19.4 Å². The van der Waals surface area contributed by atoms with Gasteiger partial charge in [0.1, 0.15) is 6.04 Å². The molecule has 0 radical (unpaired) electrons. The van der Waals surface area contributed by atoms with Gasteiger partial charge in [0.25, 0.3) is 0 Å². The second-order valence-electron chi connectivity index (χ2n) is 7.23. The highest BCUT2D eigenvalue weighted by atomic mass is 79.9. The number of hydrogen-bond donors (Lipinski definition) is 2. The standard InChI is InChI=1S/C21H24BrN3O4S/c1-15-13-17(7-8-18(15)22)24-19(26)14-23-21(27)20(16-5-3-2-4-6-16)25-9-11-30(28,29)12-10-25/h2-8,13,20H,9-12,14H2,1H3,(H,23,27)(H,24,26). The highest BCUT2D eigenvalue weighted by Gasteiger charge is 2.32. The summed E-state index contributed by atoms with van der Waals surface area (Å²) in [6.07, 6.45) is 0. The monoisotopic (exact) mass is 493 g/mol. The molecule has 0 bridgehead atoms. The second-order valence-corrected chi connectivity index (χ2v) is 10.4. The van der Waals surface area contributed by atoms with Gasteiger partial charge in [0.15, 0.2) is 9.84 Å². The van der Waals surface area contributed by atoms with Crippen LogP contribution in [0.4, 0.5) is 5.69 Å². The normalized spacial score (nSPS) is 17.1. The van der Waals surface area contributed by atoms with Crippen LogP contribution in [0.25, 0.3) is 0 Å². The number of nitrogens with one attached hydrogen (secondary N) is 2. The molecule has 0 aliphatic carbocycles. The van der Waals surface area contributed by atoms with E-state index in [2.05, 4.69) is 26.6 Å². The number of nitrogens with zero attached hydrogens (tertiary/aromatic N) is 1. The Balaban J connectivity index is 1.66. The first-order chi connectivity index (χ1) is 14.2. The molecule has 1 fully saturated rings. The maximum atomic E-state index is 13.0. The van der Waals surface area contributed by atoms with Crippen molar-refractivity contribution in [2.75, 3.05) is 36.5 Å². The lowest BCUT2D eigenvalue weighted by molar-refractivity contribution is -0.128. The molecule has 2 amide bonds. The topological polar surface area (TPSA) is 95.6 Å². The minimum Gasteiger partial charge on any atom is -0.345 e. The fourth-order valence-corrected chi connectivity index (χ4v) is 4.82. The first kappa shape index (κ1) is 22.5. The molecule has 1 saturated heterocycles. The fourth-order valence-electron chi connectivity index (χ4n) is 3.34. The third-order valence-corrected chi connectivity index (χ3v) is 7.47. The summed E-state index contributed by atoms with van der Waals surface area (Å²) in [5, 5.41) is 5.46. The SMILES string of the molecule is Cc1cc(NC(=O)CNC(=O)C(c2ccccc2)N2CCS(=O)(=O)CC2)ccc1Br. The van der Waals surface area contributed by atoms with E-state index in [1.807, 2.05) is 54.3 Å². The van der Waals surface area contributed by atoms with Gasteiger partial charge >= 0.3 is 0 Å². The quantitative estimate of drug-likeness (QED) is 0.643. The average molecular weight is 494 g/mol. The largest absolute Gasteiger partial charge is 0.345 e. The highest BCUT2D eigenvalue weighted by Crippen LogP contribution is 2.23. The lowest BCUT2D eigenvalue weighted by atomic mass is 10.0. The molecule has 0 saturated carbocycles. The Labute approximate surface area is 184 Å². The molecule has 0 spiro atoms. The summed E-state index contributed by atoms with van der Waals surface area (Å²) in [6, 6.07) is 14.0. The van der Waals surface area contributed by atoms with Gasteiger partial charge in [-0.2, -0.15) is 0 Å². The van der Waals surface area contributed by atoms with Crippen LogP contribution in [0.1, 0.15) is 17.2 Å². The number of aryl methyl sites for hydroxylation is 1. The summed E-state index contributed by atoms with van der Waals surface area (Å²) in [7, 11) is -3.06. The van der Waals surface area contributed by atoms with Crippen LogP contribution in [0.2, 0.25) is 0 Å². The molecule has 0 aromatic heterocycles. The zero-order valence-corrected chi connectivity index (χ0v) is 19.0. The van der Waals surface area contributed by atoms with Crippen molar-refractivity contribution < 1.29 is 18.0 Å². The number of benzene rings is 2. The molecule has 2 aromatic rings. The molecule has 1 aliphatic rings. The van der Waals surface area contributed by atoms with Crippen LogP contribution in [-0.4, -0.2) is 56.3 Å². The highest BCUT2D eigenvalue weighted by molar-refractivity contribution is 9.10. The van der Waals surface area contributed by atoms with E-state index in [4.69, 9.17) is 0 Å². The fraction of sp³-hybridized carbons (Fsp3) is 0.333. The molecule has 2 N–H and O–H groups in total. The lowest BCUT2D eigenvalue weighted by Crippen LogP contribution is -2.48. The number of sulfone groups is 1.